The highest BCUT2D eigenvalue weighted by molar-refractivity contribution is 5.86. The maximum absolute atomic E-state index is 13.6. The molecule has 0 bridgehead atoms. The van der Waals surface area contributed by atoms with Crippen LogP contribution in [0.25, 0.3) is 0 Å². The van der Waals surface area contributed by atoms with Gasteiger partial charge in [-0.05, 0) is 48.4 Å². The van der Waals surface area contributed by atoms with Gasteiger partial charge >= 0.3 is 6.18 Å². The number of nitrogens with one attached hydrogen (secondary N) is 1. The minimum Gasteiger partial charge on any atom is -0.488 e. The molecule has 0 aliphatic carbocycles. The molecule has 35 heavy (non-hydrogen) atoms. The predicted octanol–water partition coefficient (Wildman–Crippen LogP) is 4.36. The summed E-state index contributed by atoms with van der Waals surface area (Å²) in [5.74, 6) is 0.317. The molecule has 0 unspecified atom stereocenters. The third kappa shape index (κ3) is 5.90. The minimum atomic E-state index is -4.69. The molecule has 4 rings (SSSR count). The van der Waals surface area contributed by atoms with Crippen LogP contribution in [0, 0.1) is 11.3 Å². The number of amides is 1. The number of anilines is 1. The highest BCUT2D eigenvalue weighted by atomic mass is 19.4. The highest BCUT2D eigenvalue weighted by Crippen LogP contribution is 2.36. The Morgan fingerprint density at radius 2 is 1.97 bits per heavy atom. The Hall–Kier alpha value is -4.06. The predicted molar refractivity (Wildman–Crippen MR) is 124 cm³/mol. The van der Waals surface area contributed by atoms with Crippen molar-refractivity contribution in [3.05, 3.63) is 89.7 Å². The van der Waals surface area contributed by atoms with Crippen LogP contribution >= 0.6 is 0 Å². The van der Waals surface area contributed by atoms with E-state index < -0.39 is 29.4 Å². The quantitative estimate of drug-likeness (QED) is 0.544. The van der Waals surface area contributed by atoms with Crippen molar-refractivity contribution in [2.75, 3.05) is 18.0 Å². The Kier molecular flexibility index (Phi) is 7.20. The summed E-state index contributed by atoms with van der Waals surface area (Å²) in [4.78, 5) is 18.8. The highest BCUT2D eigenvalue weighted by Gasteiger charge is 2.40. The van der Waals surface area contributed by atoms with Gasteiger partial charge in [-0.25, -0.2) is 0 Å². The molecule has 0 radical (unpaired) electrons. The van der Waals surface area contributed by atoms with Crippen molar-refractivity contribution >= 4 is 11.6 Å². The molecule has 180 valence electrons. The van der Waals surface area contributed by atoms with Crippen molar-refractivity contribution in [3.8, 4) is 11.8 Å². The van der Waals surface area contributed by atoms with Gasteiger partial charge in [-0.1, -0.05) is 24.3 Å². The van der Waals surface area contributed by atoms with E-state index in [-0.39, 0.29) is 18.1 Å². The molecule has 2 atom stereocenters. The molecule has 1 saturated heterocycles. The van der Waals surface area contributed by atoms with E-state index >= 15 is 0 Å². The fourth-order valence-corrected chi connectivity index (χ4v) is 4.15. The van der Waals surface area contributed by atoms with E-state index in [9.17, 15) is 18.0 Å². The fraction of sp³-hybridized carbons (Fsp3) is 0.269. The summed E-state index contributed by atoms with van der Waals surface area (Å²) < 4.78 is 46.7. The Morgan fingerprint density at radius 1 is 1.17 bits per heavy atom. The molecule has 1 aliphatic heterocycles. The standard InChI is InChI=1S/C26H23F3N4O2/c27-26(28,29)23-13-20(9-8-19(23)15-30)33-17-22(35-21-6-2-1-3-7-21)14-24(33)25(34)32-12-10-18-5-4-11-31-16-18/h1-9,11,13,16,22,24H,10,12,14,17H2,(H,32,34)/t22-,24-/m0/s1. The average Bonchev–Trinajstić information content (AvgIpc) is 3.28. The Morgan fingerprint density at radius 3 is 2.66 bits per heavy atom. The fourth-order valence-electron chi connectivity index (χ4n) is 4.15. The molecule has 1 fully saturated rings. The van der Waals surface area contributed by atoms with Crippen molar-refractivity contribution in [1.82, 2.24) is 10.3 Å². The first kappa shape index (κ1) is 24.1. The van der Waals surface area contributed by atoms with E-state index in [1.54, 1.807) is 35.5 Å². The van der Waals surface area contributed by atoms with Gasteiger partial charge in [-0.15, -0.1) is 0 Å². The normalized spacial score (nSPS) is 17.6. The van der Waals surface area contributed by atoms with Gasteiger partial charge in [-0.2, -0.15) is 18.4 Å². The van der Waals surface area contributed by atoms with Crippen LogP contribution in [0.3, 0.4) is 0 Å². The Balaban J connectivity index is 1.55. The molecule has 0 spiro atoms. The van der Waals surface area contributed by atoms with Gasteiger partial charge in [0.05, 0.1) is 23.7 Å². The molecule has 2 aromatic carbocycles. The lowest BCUT2D eigenvalue weighted by molar-refractivity contribution is -0.137. The van der Waals surface area contributed by atoms with Crippen LogP contribution in [0.2, 0.25) is 0 Å². The monoisotopic (exact) mass is 480 g/mol. The van der Waals surface area contributed by atoms with E-state index in [0.29, 0.717) is 25.1 Å². The number of hydrogen-bond donors (Lipinski definition) is 1. The van der Waals surface area contributed by atoms with Gasteiger partial charge in [-0.3, -0.25) is 9.78 Å². The number of nitriles is 1. The summed E-state index contributed by atoms with van der Waals surface area (Å²) in [5, 5.41) is 12.0. The van der Waals surface area contributed by atoms with Gasteiger partial charge in [0.25, 0.3) is 0 Å². The number of para-hydroxylation sites is 1. The smallest absolute Gasteiger partial charge is 0.417 e. The van der Waals surface area contributed by atoms with Crippen LogP contribution in [0.1, 0.15) is 23.1 Å². The maximum atomic E-state index is 13.6. The van der Waals surface area contributed by atoms with Crippen LogP contribution in [0.15, 0.2) is 73.1 Å². The molecule has 2 heterocycles. The number of benzene rings is 2. The average molecular weight is 480 g/mol. The van der Waals surface area contributed by atoms with E-state index in [0.717, 1.165) is 17.7 Å². The zero-order chi connectivity index (χ0) is 24.8. The first-order valence-corrected chi connectivity index (χ1v) is 11.1. The number of hydrogen-bond acceptors (Lipinski definition) is 5. The zero-order valence-electron chi connectivity index (χ0n) is 18.7. The van der Waals surface area contributed by atoms with Crippen molar-refractivity contribution in [2.24, 2.45) is 0 Å². The third-order valence-electron chi connectivity index (χ3n) is 5.81. The number of ether oxygens (including phenoxy) is 1. The molecule has 1 aromatic heterocycles. The molecule has 1 amide bonds. The largest absolute Gasteiger partial charge is 0.488 e. The number of nitrogens with zero attached hydrogens (tertiary/aromatic N) is 3. The lowest BCUT2D eigenvalue weighted by atomic mass is 10.1. The number of carbonyl (C=O) groups excluding carboxylic acids is 1. The first-order valence-electron chi connectivity index (χ1n) is 11.1. The number of rotatable bonds is 7. The maximum Gasteiger partial charge on any atom is 0.417 e. The summed E-state index contributed by atoms with van der Waals surface area (Å²) in [5.41, 5.74) is -0.318. The molecular weight excluding hydrogens is 457 g/mol. The first-order chi connectivity index (χ1) is 16.8. The van der Waals surface area contributed by atoms with E-state index in [1.807, 2.05) is 30.3 Å². The van der Waals surface area contributed by atoms with Gasteiger partial charge in [0.1, 0.15) is 17.9 Å². The van der Waals surface area contributed by atoms with Gasteiger partial charge in [0.15, 0.2) is 0 Å². The summed E-state index contributed by atoms with van der Waals surface area (Å²) in [7, 11) is 0. The Bertz CT molecular complexity index is 1200. The van der Waals surface area contributed by atoms with Gasteiger partial charge in [0, 0.05) is 31.0 Å². The molecule has 3 aromatic rings. The molecular formula is C26H23F3N4O2. The number of alkyl halides is 3. The molecule has 0 saturated carbocycles. The summed E-state index contributed by atoms with van der Waals surface area (Å²) in [6, 6.07) is 17.1. The van der Waals surface area contributed by atoms with E-state index in [1.165, 1.54) is 6.07 Å². The van der Waals surface area contributed by atoms with Crippen molar-refractivity contribution in [3.63, 3.8) is 0 Å². The second kappa shape index (κ2) is 10.5. The van der Waals surface area contributed by atoms with E-state index in [4.69, 9.17) is 10.00 Å². The summed E-state index contributed by atoms with van der Waals surface area (Å²) in [6.45, 7) is 0.582. The summed E-state index contributed by atoms with van der Waals surface area (Å²) >= 11 is 0. The zero-order valence-corrected chi connectivity index (χ0v) is 18.7. The van der Waals surface area contributed by atoms with Crippen LogP contribution < -0.4 is 15.0 Å². The second-order valence-electron chi connectivity index (χ2n) is 8.20. The lowest BCUT2D eigenvalue weighted by Gasteiger charge is -2.26. The van der Waals surface area contributed by atoms with Gasteiger partial charge < -0.3 is 15.0 Å². The molecule has 1 N–H and O–H groups in total. The lowest BCUT2D eigenvalue weighted by Crippen LogP contribution is -2.44. The van der Waals surface area contributed by atoms with Crippen molar-refractivity contribution in [1.29, 1.82) is 5.26 Å². The Labute approximate surface area is 201 Å². The number of aromatic nitrogens is 1. The van der Waals surface area contributed by atoms with Crippen LogP contribution in [0.5, 0.6) is 5.75 Å². The molecule has 1 aliphatic rings. The van der Waals surface area contributed by atoms with Crippen LogP contribution in [-0.2, 0) is 17.4 Å². The third-order valence-corrected chi connectivity index (χ3v) is 5.81. The van der Waals surface area contributed by atoms with E-state index in [2.05, 4.69) is 10.3 Å². The number of halogens is 3. The van der Waals surface area contributed by atoms with Gasteiger partial charge in [0.2, 0.25) is 5.91 Å². The number of carbonyl (C=O) groups is 1. The second-order valence-corrected chi connectivity index (χ2v) is 8.20. The summed E-state index contributed by atoms with van der Waals surface area (Å²) in [6.07, 6.45) is -0.843. The van der Waals surface area contributed by atoms with Crippen LogP contribution in [-0.4, -0.2) is 36.1 Å². The van der Waals surface area contributed by atoms with Crippen LogP contribution in [0.4, 0.5) is 18.9 Å². The topological polar surface area (TPSA) is 78.2 Å². The SMILES string of the molecule is N#Cc1ccc(N2C[C@@H](Oc3ccccc3)C[C@H]2C(=O)NCCc2cccnc2)cc1C(F)(F)F. The minimum absolute atomic E-state index is 0.211. The van der Waals surface area contributed by atoms with Crippen molar-refractivity contribution in [2.45, 2.75) is 31.2 Å². The number of pyridine rings is 1. The molecule has 6 nitrogen and oxygen atoms in total. The van der Waals surface area contributed by atoms with Crippen molar-refractivity contribution < 1.29 is 22.7 Å². The molecule has 9 heteroatoms.